The minimum atomic E-state index is -1.05. The molecule has 0 unspecified atom stereocenters. The largest absolute Gasteiger partial charge is 0.497 e. The van der Waals surface area contributed by atoms with Crippen LogP contribution in [0.3, 0.4) is 0 Å². The van der Waals surface area contributed by atoms with Gasteiger partial charge in [-0.2, -0.15) is 0 Å². The van der Waals surface area contributed by atoms with Crippen molar-refractivity contribution in [3.8, 4) is 17.2 Å². The van der Waals surface area contributed by atoms with Gasteiger partial charge in [0, 0.05) is 4.47 Å². The maximum Gasteiger partial charge on any atom is 0.339 e. The van der Waals surface area contributed by atoms with E-state index >= 15 is 0 Å². The third-order valence-electron chi connectivity index (χ3n) is 2.53. The molecule has 0 aromatic heterocycles. The molecule has 0 amide bonds. The van der Waals surface area contributed by atoms with Gasteiger partial charge >= 0.3 is 5.97 Å². The molecule has 1 N–H and O–H groups in total. The first-order chi connectivity index (χ1) is 9.51. The SMILES string of the molecule is COc1ccc(Oc2ccc(Br)cc2C(=O)O)c(Br)c1. The fourth-order valence-corrected chi connectivity index (χ4v) is 2.37. The van der Waals surface area contributed by atoms with Crippen LogP contribution < -0.4 is 9.47 Å². The number of hydrogen-bond donors (Lipinski definition) is 1. The monoisotopic (exact) mass is 400 g/mol. The molecular weight excluding hydrogens is 392 g/mol. The molecule has 20 heavy (non-hydrogen) atoms. The Hall–Kier alpha value is -1.53. The summed E-state index contributed by atoms with van der Waals surface area (Å²) < 4.78 is 12.1. The second-order valence-electron chi connectivity index (χ2n) is 3.84. The number of carboxylic acids is 1. The Morgan fingerprint density at radius 1 is 1.10 bits per heavy atom. The summed E-state index contributed by atoms with van der Waals surface area (Å²) in [6.07, 6.45) is 0. The van der Waals surface area contributed by atoms with Crippen molar-refractivity contribution in [2.75, 3.05) is 7.11 Å². The fraction of sp³-hybridized carbons (Fsp3) is 0.0714. The van der Waals surface area contributed by atoms with Gasteiger partial charge in [-0.05, 0) is 52.3 Å². The summed E-state index contributed by atoms with van der Waals surface area (Å²) in [5.74, 6) is 0.409. The summed E-state index contributed by atoms with van der Waals surface area (Å²) in [4.78, 5) is 11.2. The van der Waals surface area contributed by atoms with Gasteiger partial charge in [-0.3, -0.25) is 0 Å². The Bertz CT molecular complexity index is 656. The Balaban J connectivity index is 2.37. The predicted molar refractivity (Wildman–Crippen MR) is 81.9 cm³/mol. The first-order valence-corrected chi connectivity index (χ1v) is 7.14. The summed E-state index contributed by atoms with van der Waals surface area (Å²) in [5.41, 5.74) is 0.0853. The van der Waals surface area contributed by atoms with Crippen LogP contribution in [0, 0.1) is 0 Å². The Kier molecular flexibility index (Phi) is 4.67. The molecule has 2 aromatic carbocycles. The highest BCUT2D eigenvalue weighted by Gasteiger charge is 2.14. The number of benzene rings is 2. The fourth-order valence-electron chi connectivity index (χ4n) is 1.57. The van der Waals surface area contributed by atoms with Crippen LogP contribution in [0.1, 0.15) is 10.4 Å². The summed E-state index contributed by atoms with van der Waals surface area (Å²) >= 11 is 6.60. The van der Waals surface area contributed by atoms with E-state index in [4.69, 9.17) is 9.47 Å². The Labute approximate surface area is 132 Å². The molecule has 0 bridgehead atoms. The van der Waals surface area contributed by atoms with Crippen LogP contribution in [0.25, 0.3) is 0 Å². The second kappa shape index (κ2) is 6.28. The lowest BCUT2D eigenvalue weighted by Gasteiger charge is -2.11. The van der Waals surface area contributed by atoms with Gasteiger partial charge in [-0.25, -0.2) is 4.79 Å². The molecule has 0 heterocycles. The van der Waals surface area contributed by atoms with E-state index in [2.05, 4.69) is 31.9 Å². The zero-order valence-corrected chi connectivity index (χ0v) is 13.6. The lowest BCUT2D eigenvalue weighted by molar-refractivity contribution is 0.0694. The van der Waals surface area contributed by atoms with E-state index in [9.17, 15) is 9.90 Å². The molecule has 0 saturated carbocycles. The van der Waals surface area contributed by atoms with Gasteiger partial charge in [-0.15, -0.1) is 0 Å². The van der Waals surface area contributed by atoms with E-state index in [1.165, 1.54) is 6.07 Å². The van der Waals surface area contributed by atoms with E-state index in [0.717, 1.165) is 0 Å². The van der Waals surface area contributed by atoms with E-state index in [-0.39, 0.29) is 11.3 Å². The zero-order valence-electron chi connectivity index (χ0n) is 10.4. The number of halogens is 2. The average Bonchev–Trinajstić information content (AvgIpc) is 2.42. The van der Waals surface area contributed by atoms with E-state index in [1.807, 2.05) is 0 Å². The normalized spacial score (nSPS) is 10.2. The molecule has 0 aliphatic carbocycles. The quantitative estimate of drug-likeness (QED) is 0.805. The van der Waals surface area contributed by atoms with Crippen LogP contribution in [0.4, 0.5) is 0 Å². The summed E-state index contributed by atoms with van der Waals surface area (Å²) in [7, 11) is 1.57. The van der Waals surface area contributed by atoms with Crippen molar-refractivity contribution >= 4 is 37.8 Å². The van der Waals surface area contributed by atoms with Crippen molar-refractivity contribution in [1.82, 2.24) is 0 Å². The molecule has 0 spiro atoms. The van der Waals surface area contributed by atoms with E-state index in [1.54, 1.807) is 37.4 Å². The topological polar surface area (TPSA) is 55.8 Å². The van der Waals surface area contributed by atoms with Gasteiger partial charge in [0.05, 0.1) is 11.6 Å². The molecule has 104 valence electrons. The molecule has 0 aliphatic heterocycles. The van der Waals surface area contributed by atoms with Crippen molar-refractivity contribution < 1.29 is 19.4 Å². The highest BCUT2D eigenvalue weighted by molar-refractivity contribution is 9.10. The smallest absolute Gasteiger partial charge is 0.339 e. The number of aromatic carboxylic acids is 1. The van der Waals surface area contributed by atoms with Crippen LogP contribution in [-0.4, -0.2) is 18.2 Å². The standard InChI is InChI=1S/C14H10Br2O4/c1-19-9-3-5-13(11(16)7-9)20-12-4-2-8(15)6-10(12)14(17)18/h2-7H,1H3,(H,17,18). The summed E-state index contributed by atoms with van der Waals surface area (Å²) in [5, 5.41) is 9.19. The maximum atomic E-state index is 11.2. The number of hydrogen-bond acceptors (Lipinski definition) is 3. The molecule has 2 aromatic rings. The molecule has 2 rings (SSSR count). The lowest BCUT2D eigenvalue weighted by Crippen LogP contribution is -2.00. The Morgan fingerprint density at radius 3 is 2.40 bits per heavy atom. The van der Waals surface area contributed by atoms with Crippen molar-refractivity contribution in [3.05, 3.63) is 50.9 Å². The van der Waals surface area contributed by atoms with Gasteiger partial charge in [-0.1, -0.05) is 15.9 Å². The molecule has 0 radical (unpaired) electrons. The van der Waals surface area contributed by atoms with Crippen LogP contribution in [0.15, 0.2) is 45.3 Å². The minimum absolute atomic E-state index is 0.0853. The van der Waals surface area contributed by atoms with Gasteiger partial charge in [0.2, 0.25) is 0 Å². The molecule has 4 nitrogen and oxygen atoms in total. The second-order valence-corrected chi connectivity index (χ2v) is 5.61. The van der Waals surface area contributed by atoms with Gasteiger partial charge < -0.3 is 14.6 Å². The molecule has 6 heteroatoms. The average molecular weight is 402 g/mol. The van der Waals surface area contributed by atoms with Crippen molar-refractivity contribution in [2.24, 2.45) is 0 Å². The number of rotatable bonds is 4. The first-order valence-electron chi connectivity index (χ1n) is 5.55. The van der Waals surface area contributed by atoms with Crippen molar-refractivity contribution in [3.63, 3.8) is 0 Å². The van der Waals surface area contributed by atoms with Crippen LogP contribution in [0.2, 0.25) is 0 Å². The zero-order chi connectivity index (χ0) is 14.7. The van der Waals surface area contributed by atoms with Crippen LogP contribution >= 0.6 is 31.9 Å². The van der Waals surface area contributed by atoms with Crippen molar-refractivity contribution in [1.29, 1.82) is 0 Å². The molecule has 0 saturated heterocycles. The molecule has 0 fully saturated rings. The first kappa shape index (κ1) is 14.9. The highest BCUT2D eigenvalue weighted by Crippen LogP contribution is 2.34. The molecular formula is C14H10Br2O4. The summed E-state index contributed by atoms with van der Waals surface area (Å²) in [6, 6.07) is 10.0. The third kappa shape index (κ3) is 3.32. The van der Waals surface area contributed by atoms with Crippen molar-refractivity contribution in [2.45, 2.75) is 0 Å². The van der Waals surface area contributed by atoms with E-state index < -0.39 is 5.97 Å². The van der Waals surface area contributed by atoms with Crippen LogP contribution in [0.5, 0.6) is 17.2 Å². The summed E-state index contributed by atoms with van der Waals surface area (Å²) in [6.45, 7) is 0. The number of ether oxygens (including phenoxy) is 2. The van der Waals surface area contributed by atoms with Gasteiger partial charge in [0.25, 0.3) is 0 Å². The molecule has 0 aliphatic rings. The number of carbonyl (C=O) groups is 1. The van der Waals surface area contributed by atoms with E-state index in [0.29, 0.717) is 20.4 Å². The lowest BCUT2D eigenvalue weighted by atomic mass is 10.2. The highest BCUT2D eigenvalue weighted by atomic mass is 79.9. The number of carboxylic acid groups (broad SMARTS) is 1. The van der Waals surface area contributed by atoms with Gasteiger partial charge in [0.15, 0.2) is 0 Å². The van der Waals surface area contributed by atoms with Crippen LogP contribution in [-0.2, 0) is 0 Å². The Morgan fingerprint density at radius 2 is 1.80 bits per heavy atom. The van der Waals surface area contributed by atoms with Gasteiger partial charge in [0.1, 0.15) is 22.8 Å². The number of methoxy groups -OCH3 is 1. The third-order valence-corrected chi connectivity index (χ3v) is 3.64. The molecule has 0 atom stereocenters. The predicted octanol–water partition coefficient (Wildman–Crippen LogP) is 4.71. The maximum absolute atomic E-state index is 11.2. The minimum Gasteiger partial charge on any atom is -0.497 e.